The summed E-state index contributed by atoms with van der Waals surface area (Å²) in [5.74, 6) is 0.100. The molecule has 0 aliphatic carbocycles. The van der Waals surface area contributed by atoms with Crippen LogP contribution >= 0.6 is 39.1 Å². The van der Waals surface area contributed by atoms with Gasteiger partial charge in [-0.3, -0.25) is 9.48 Å². The molecule has 0 aliphatic rings. The van der Waals surface area contributed by atoms with E-state index in [0.29, 0.717) is 44.0 Å². The highest BCUT2D eigenvalue weighted by molar-refractivity contribution is 9.10. The van der Waals surface area contributed by atoms with Gasteiger partial charge in [0.05, 0.1) is 26.6 Å². The van der Waals surface area contributed by atoms with E-state index in [2.05, 4.69) is 31.5 Å². The molecule has 0 radical (unpaired) electrons. The second-order valence-corrected chi connectivity index (χ2v) is 8.71. The fraction of sp³-hybridized carbons (Fsp3) is 0.136. The molecule has 0 saturated carbocycles. The molecular formula is C22H16BrCl2FN4O3. The van der Waals surface area contributed by atoms with Crippen molar-refractivity contribution >= 4 is 50.9 Å². The third-order valence-corrected chi connectivity index (χ3v) is 5.98. The van der Waals surface area contributed by atoms with Gasteiger partial charge < -0.3 is 14.6 Å². The molecule has 0 spiro atoms. The van der Waals surface area contributed by atoms with E-state index in [4.69, 9.17) is 32.5 Å². The number of ether oxygens (including phenoxy) is 1. The third kappa shape index (κ3) is 5.55. The predicted molar refractivity (Wildman–Crippen MR) is 125 cm³/mol. The average molecular weight is 554 g/mol. The maximum absolute atomic E-state index is 13.4. The lowest BCUT2D eigenvalue weighted by Gasteiger charge is -2.07. The van der Waals surface area contributed by atoms with E-state index in [1.807, 2.05) is 6.07 Å². The largest absolute Gasteiger partial charge is 0.489 e. The summed E-state index contributed by atoms with van der Waals surface area (Å²) in [5, 5.41) is 11.9. The van der Waals surface area contributed by atoms with Crippen molar-refractivity contribution < 1.29 is 18.4 Å². The van der Waals surface area contributed by atoms with Crippen molar-refractivity contribution in [2.24, 2.45) is 0 Å². The number of benzene rings is 2. The highest BCUT2D eigenvalue weighted by Gasteiger charge is 2.22. The summed E-state index contributed by atoms with van der Waals surface area (Å²) in [6.07, 6.45) is 1.72. The molecule has 0 aliphatic heterocycles. The van der Waals surface area contributed by atoms with E-state index in [-0.39, 0.29) is 12.3 Å². The summed E-state index contributed by atoms with van der Waals surface area (Å²) in [4.78, 5) is 12.9. The zero-order valence-corrected chi connectivity index (χ0v) is 20.2. The zero-order chi connectivity index (χ0) is 23.5. The Hall–Kier alpha value is -2.88. The first-order chi connectivity index (χ1) is 15.8. The van der Waals surface area contributed by atoms with E-state index in [1.165, 1.54) is 18.2 Å². The van der Waals surface area contributed by atoms with Crippen molar-refractivity contribution in [1.82, 2.24) is 14.9 Å². The number of rotatable bonds is 7. The molecule has 4 aromatic rings. The summed E-state index contributed by atoms with van der Waals surface area (Å²) >= 11 is 15.4. The van der Waals surface area contributed by atoms with Gasteiger partial charge in [0.25, 0.3) is 5.91 Å². The van der Waals surface area contributed by atoms with Crippen LogP contribution in [0, 0.1) is 12.7 Å². The number of hydrogen-bond donors (Lipinski definition) is 1. The topological polar surface area (TPSA) is 82.2 Å². The number of carbonyl (C=O) groups is 1. The molecule has 0 bridgehead atoms. The first kappa shape index (κ1) is 23.3. The van der Waals surface area contributed by atoms with Crippen LogP contribution in [0.5, 0.6) is 5.75 Å². The van der Waals surface area contributed by atoms with Gasteiger partial charge in [-0.1, -0.05) is 40.5 Å². The van der Waals surface area contributed by atoms with E-state index in [9.17, 15) is 9.18 Å². The van der Waals surface area contributed by atoms with Crippen molar-refractivity contribution in [2.75, 3.05) is 5.32 Å². The van der Waals surface area contributed by atoms with Crippen LogP contribution in [-0.2, 0) is 13.2 Å². The maximum Gasteiger partial charge on any atom is 0.279 e. The number of nitrogens with zero attached hydrogens (tertiary/aromatic N) is 3. The first-order valence-electron chi connectivity index (χ1n) is 9.62. The normalized spacial score (nSPS) is 10.9. The van der Waals surface area contributed by atoms with Gasteiger partial charge in [0.1, 0.15) is 23.9 Å². The Morgan fingerprint density at radius 2 is 2.06 bits per heavy atom. The Morgan fingerprint density at radius 3 is 2.82 bits per heavy atom. The Balaban J connectivity index is 1.47. The van der Waals surface area contributed by atoms with Crippen LogP contribution in [0.25, 0.3) is 0 Å². The molecule has 0 atom stereocenters. The van der Waals surface area contributed by atoms with E-state index < -0.39 is 11.7 Å². The standard InChI is InChI=1S/C22H16BrCl2FN4O3/c1-12-16(11-32-15-4-2-3-14(26)8-15)20(29-33-12)22(31)27-21-17(23)10-30(28-21)9-13-5-6-18(24)19(25)7-13/h2-8,10H,9,11H2,1H3,(H,27,28,31). The highest BCUT2D eigenvalue weighted by atomic mass is 79.9. The Bertz CT molecular complexity index is 1320. The number of carbonyl (C=O) groups excluding carboxylic acids is 1. The fourth-order valence-electron chi connectivity index (χ4n) is 3.01. The number of aromatic nitrogens is 3. The Kier molecular flexibility index (Phi) is 7.02. The molecule has 2 aromatic heterocycles. The van der Waals surface area contributed by atoms with Gasteiger partial charge in [0, 0.05) is 12.3 Å². The first-order valence-corrected chi connectivity index (χ1v) is 11.2. The number of halogens is 4. The molecule has 1 N–H and O–H groups in total. The number of anilines is 1. The summed E-state index contributed by atoms with van der Waals surface area (Å²) in [6, 6.07) is 11.0. The molecular weight excluding hydrogens is 538 g/mol. The van der Waals surface area contributed by atoms with E-state index in [1.54, 1.807) is 36.0 Å². The smallest absolute Gasteiger partial charge is 0.279 e. The van der Waals surface area contributed by atoms with E-state index in [0.717, 1.165) is 5.56 Å². The lowest BCUT2D eigenvalue weighted by Crippen LogP contribution is -2.16. The van der Waals surface area contributed by atoms with Gasteiger partial charge in [0.2, 0.25) is 0 Å². The van der Waals surface area contributed by atoms with Crippen molar-refractivity contribution in [1.29, 1.82) is 0 Å². The highest BCUT2D eigenvalue weighted by Crippen LogP contribution is 2.26. The number of nitrogens with one attached hydrogen (secondary N) is 1. The molecule has 4 rings (SSSR count). The molecule has 33 heavy (non-hydrogen) atoms. The second kappa shape index (κ2) is 9.94. The monoisotopic (exact) mass is 552 g/mol. The van der Waals surface area contributed by atoms with Crippen LogP contribution in [0.3, 0.4) is 0 Å². The Labute approximate surface area is 206 Å². The lowest BCUT2D eigenvalue weighted by molar-refractivity contribution is 0.101. The van der Waals surface area contributed by atoms with Crippen LogP contribution in [0.15, 0.2) is 57.7 Å². The molecule has 170 valence electrons. The number of hydrogen-bond acceptors (Lipinski definition) is 5. The third-order valence-electron chi connectivity index (χ3n) is 4.66. The van der Waals surface area contributed by atoms with Crippen molar-refractivity contribution in [3.05, 3.63) is 91.6 Å². The van der Waals surface area contributed by atoms with Gasteiger partial charge in [-0.15, -0.1) is 0 Å². The van der Waals surface area contributed by atoms with Crippen LogP contribution in [-0.4, -0.2) is 20.8 Å². The molecule has 0 unspecified atom stereocenters. The minimum absolute atomic E-state index is 0.0194. The minimum atomic E-state index is -0.523. The molecule has 0 fully saturated rings. The van der Waals surface area contributed by atoms with Crippen LogP contribution < -0.4 is 10.1 Å². The zero-order valence-electron chi connectivity index (χ0n) is 17.1. The average Bonchev–Trinajstić information content (AvgIpc) is 3.31. The second-order valence-electron chi connectivity index (χ2n) is 7.04. The van der Waals surface area contributed by atoms with Crippen LogP contribution in [0.4, 0.5) is 10.2 Å². The molecule has 2 heterocycles. The summed E-state index contributed by atoms with van der Waals surface area (Å²) < 4.78 is 26.4. The summed E-state index contributed by atoms with van der Waals surface area (Å²) in [7, 11) is 0. The van der Waals surface area contributed by atoms with Crippen LogP contribution in [0.1, 0.15) is 27.4 Å². The van der Waals surface area contributed by atoms with Gasteiger partial charge in [0.15, 0.2) is 11.5 Å². The number of amides is 1. The predicted octanol–water partition coefficient (Wildman–Crippen LogP) is 6.27. The summed E-state index contributed by atoms with van der Waals surface area (Å²) in [5.41, 5.74) is 1.39. The number of aryl methyl sites for hydroxylation is 1. The van der Waals surface area contributed by atoms with Crippen molar-refractivity contribution in [3.63, 3.8) is 0 Å². The van der Waals surface area contributed by atoms with Gasteiger partial charge >= 0.3 is 0 Å². The lowest BCUT2D eigenvalue weighted by atomic mass is 10.2. The van der Waals surface area contributed by atoms with Crippen molar-refractivity contribution in [2.45, 2.75) is 20.1 Å². The summed E-state index contributed by atoms with van der Waals surface area (Å²) in [6.45, 7) is 2.06. The Morgan fingerprint density at radius 1 is 1.24 bits per heavy atom. The molecule has 2 aromatic carbocycles. The SMILES string of the molecule is Cc1onc(C(=O)Nc2nn(Cc3ccc(Cl)c(Cl)c3)cc2Br)c1COc1cccc(F)c1. The van der Waals surface area contributed by atoms with Gasteiger partial charge in [-0.25, -0.2) is 4.39 Å². The molecule has 1 amide bonds. The van der Waals surface area contributed by atoms with Gasteiger partial charge in [-0.2, -0.15) is 5.10 Å². The van der Waals surface area contributed by atoms with E-state index >= 15 is 0 Å². The molecule has 7 nitrogen and oxygen atoms in total. The quantitative estimate of drug-likeness (QED) is 0.292. The fourth-order valence-corrected chi connectivity index (χ4v) is 3.74. The molecule has 0 saturated heterocycles. The van der Waals surface area contributed by atoms with Crippen LogP contribution in [0.2, 0.25) is 10.0 Å². The van der Waals surface area contributed by atoms with Gasteiger partial charge in [-0.05, 0) is 52.7 Å². The molecule has 11 heteroatoms. The maximum atomic E-state index is 13.4. The van der Waals surface area contributed by atoms with Crippen molar-refractivity contribution in [3.8, 4) is 5.75 Å². The minimum Gasteiger partial charge on any atom is -0.489 e.